The molecule has 6 heteroatoms. The number of rotatable bonds is 6. The minimum atomic E-state index is -0.968. The van der Waals surface area contributed by atoms with Crippen molar-refractivity contribution in [2.24, 2.45) is 0 Å². The lowest BCUT2D eigenvalue weighted by atomic mass is 9.80. The first-order valence-corrected chi connectivity index (χ1v) is 9.85. The molecule has 0 spiro atoms. The van der Waals surface area contributed by atoms with Crippen LogP contribution in [0.1, 0.15) is 39.6 Å². The maximum Gasteiger partial charge on any atom is 0.196 e. The molecule has 2 aromatic carbocycles. The number of hydrogen-bond acceptors (Lipinski definition) is 6. The normalized spacial score (nSPS) is 20.6. The van der Waals surface area contributed by atoms with Gasteiger partial charge >= 0.3 is 0 Å². The average molecular weight is 408 g/mol. The molecule has 1 aliphatic heterocycles. The average Bonchev–Trinajstić information content (AvgIpc) is 2.77. The minimum Gasteiger partial charge on any atom is -0.497 e. The molecule has 156 valence electrons. The van der Waals surface area contributed by atoms with Gasteiger partial charge in [0.2, 0.25) is 0 Å². The summed E-state index contributed by atoms with van der Waals surface area (Å²) in [5.41, 5.74) is 2.54. The van der Waals surface area contributed by atoms with Crippen LogP contribution in [0.5, 0.6) is 11.5 Å². The van der Waals surface area contributed by atoms with Gasteiger partial charge in [0.15, 0.2) is 17.4 Å². The number of ether oxygens (including phenoxy) is 4. The first-order chi connectivity index (χ1) is 14.5. The van der Waals surface area contributed by atoms with E-state index in [1.807, 2.05) is 30.3 Å². The first-order valence-electron chi connectivity index (χ1n) is 9.85. The van der Waals surface area contributed by atoms with E-state index in [1.165, 1.54) is 14.2 Å². The Labute approximate surface area is 175 Å². The zero-order valence-corrected chi connectivity index (χ0v) is 17.3. The van der Waals surface area contributed by atoms with E-state index >= 15 is 0 Å². The summed E-state index contributed by atoms with van der Waals surface area (Å²) in [5, 5.41) is 0. The van der Waals surface area contributed by atoms with Crippen molar-refractivity contribution in [2.75, 3.05) is 27.4 Å². The zero-order valence-electron chi connectivity index (χ0n) is 17.3. The number of carbonyl (C=O) groups is 2. The Balaban J connectivity index is 1.57. The summed E-state index contributed by atoms with van der Waals surface area (Å²) in [5.74, 6) is -0.640. The zero-order chi connectivity index (χ0) is 21.3. The molecule has 1 aliphatic carbocycles. The second kappa shape index (κ2) is 8.05. The highest BCUT2D eigenvalue weighted by molar-refractivity contribution is 6.28. The summed E-state index contributed by atoms with van der Waals surface area (Å²) in [4.78, 5) is 26.4. The topological polar surface area (TPSA) is 71.1 Å². The largest absolute Gasteiger partial charge is 0.497 e. The van der Waals surface area contributed by atoms with Crippen molar-refractivity contribution in [3.05, 3.63) is 70.3 Å². The van der Waals surface area contributed by atoms with E-state index in [0.29, 0.717) is 34.8 Å². The van der Waals surface area contributed by atoms with Crippen molar-refractivity contribution < 1.29 is 28.5 Å². The fourth-order valence-corrected chi connectivity index (χ4v) is 3.93. The maximum atomic E-state index is 13.3. The Morgan fingerprint density at radius 1 is 1.00 bits per heavy atom. The Bertz CT molecular complexity index is 1020. The van der Waals surface area contributed by atoms with Crippen LogP contribution in [0.3, 0.4) is 0 Å². The molecule has 6 nitrogen and oxygen atoms in total. The van der Waals surface area contributed by atoms with E-state index in [4.69, 9.17) is 18.9 Å². The van der Waals surface area contributed by atoms with E-state index in [2.05, 4.69) is 0 Å². The van der Waals surface area contributed by atoms with Gasteiger partial charge in [-0.3, -0.25) is 9.59 Å². The van der Waals surface area contributed by atoms with E-state index in [1.54, 1.807) is 19.1 Å². The molecule has 0 bridgehead atoms. The van der Waals surface area contributed by atoms with Crippen LogP contribution >= 0.6 is 0 Å². The number of fused-ring (bicyclic) bond motifs is 1. The van der Waals surface area contributed by atoms with Crippen LogP contribution in [0.4, 0.5) is 0 Å². The summed E-state index contributed by atoms with van der Waals surface area (Å²) in [6.07, 6.45) is 0.941. The quantitative estimate of drug-likeness (QED) is 0.725. The van der Waals surface area contributed by atoms with Gasteiger partial charge in [-0.1, -0.05) is 30.3 Å². The number of benzene rings is 2. The van der Waals surface area contributed by atoms with Gasteiger partial charge in [-0.25, -0.2) is 0 Å². The van der Waals surface area contributed by atoms with Crippen molar-refractivity contribution in [2.45, 2.75) is 25.6 Å². The first kappa shape index (κ1) is 20.3. The molecule has 0 saturated heterocycles. The van der Waals surface area contributed by atoms with Gasteiger partial charge in [-0.15, -0.1) is 0 Å². The maximum absolute atomic E-state index is 13.3. The number of Topliss-reactive ketones (excluding diaryl/α,β-unsaturated/α-hetero) is 2. The molecule has 0 amide bonds. The molecule has 1 unspecified atom stereocenters. The van der Waals surface area contributed by atoms with Gasteiger partial charge in [0.05, 0.1) is 33.0 Å². The molecule has 2 aromatic rings. The Morgan fingerprint density at radius 2 is 1.77 bits per heavy atom. The molecule has 0 aromatic heterocycles. The number of ketones is 2. The fraction of sp³-hybridized carbons (Fsp3) is 0.333. The number of carbonyl (C=O) groups excluding carboxylic acids is 2. The molecule has 0 fully saturated rings. The van der Waals surface area contributed by atoms with Crippen LogP contribution in [-0.4, -0.2) is 44.8 Å². The summed E-state index contributed by atoms with van der Waals surface area (Å²) in [6.45, 7) is 2.28. The lowest BCUT2D eigenvalue weighted by molar-refractivity contribution is -0.223. The highest BCUT2D eigenvalue weighted by atomic mass is 16.7. The lowest BCUT2D eigenvalue weighted by Gasteiger charge is -2.37. The minimum absolute atomic E-state index is 0.0242. The summed E-state index contributed by atoms with van der Waals surface area (Å²) >= 11 is 0. The summed E-state index contributed by atoms with van der Waals surface area (Å²) < 4.78 is 22.5. The predicted molar refractivity (Wildman–Crippen MR) is 110 cm³/mol. The monoisotopic (exact) mass is 408 g/mol. The van der Waals surface area contributed by atoms with E-state index in [0.717, 1.165) is 12.0 Å². The van der Waals surface area contributed by atoms with Crippen LogP contribution in [0.15, 0.2) is 53.6 Å². The molecular weight excluding hydrogens is 384 g/mol. The third kappa shape index (κ3) is 3.64. The lowest BCUT2D eigenvalue weighted by Crippen LogP contribution is -2.42. The van der Waals surface area contributed by atoms with Gasteiger partial charge in [0.1, 0.15) is 11.5 Å². The SMILES string of the molecule is COc1cc(OC)c2c(c1)C(=O)C1=C(COC(C)(OCCc3ccccc3)C1)C2=O. The van der Waals surface area contributed by atoms with Crippen molar-refractivity contribution in [3.63, 3.8) is 0 Å². The Kier molecular flexibility index (Phi) is 5.45. The van der Waals surface area contributed by atoms with Gasteiger partial charge < -0.3 is 18.9 Å². The van der Waals surface area contributed by atoms with Crippen LogP contribution in [-0.2, 0) is 15.9 Å². The fourth-order valence-electron chi connectivity index (χ4n) is 3.93. The van der Waals surface area contributed by atoms with Crippen molar-refractivity contribution in [1.82, 2.24) is 0 Å². The van der Waals surface area contributed by atoms with Crippen LogP contribution in [0, 0.1) is 0 Å². The van der Waals surface area contributed by atoms with Crippen molar-refractivity contribution in [1.29, 1.82) is 0 Å². The molecule has 4 rings (SSSR count). The Hall–Kier alpha value is -2.96. The second-order valence-electron chi connectivity index (χ2n) is 7.55. The van der Waals surface area contributed by atoms with Gasteiger partial charge in [0.25, 0.3) is 0 Å². The van der Waals surface area contributed by atoms with E-state index < -0.39 is 5.79 Å². The van der Waals surface area contributed by atoms with Gasteiger partial charge in [-0.2, -0.15) is 0 Å². The van der Waals surface area contributed by atoms with Gasteiger partial charge in [0, 0.05) is 29.2 Å². The van der Waals surface area contributed by atoms with Crippen molar-refractivity contribution in [3.8, 4) is 11.5 Å². The number of hydrogen-bond donors (Lipinski definition) is 0. The smallest absolute Gasteiger partial charge is 0.196 e. The van der Waals surface area contributed by atoms with Crippen molar-refractivity contribution >= 4 is 11.6 Å². The molecule has 1 atom stereocenters. The molecular formula is C24H24O6. The van der Waals surface area contributed by atoms with Crippen LogP contribution < -0.4 is 9.47 Å². The second-order valence-corrected chi connectivity index (χ2v) is 7.55. The number of methoxy groups -OCH3 is 2. The molecule has 0 radical (unpaired) electrons. The Morgan fingerprint density at radius 3 is 2.47 bits per heavy atom. The molecule has 2 aliphatic rings. The highest BCUT2D eigenvalue weighted by Gasteiger charge is 2.43. The molecule has 0 saturated carbocycles. The summed E-state index contributed by atoms with van der Waals surface area (Å²) in [6, 6.07) is 13.2. The third-order valence-electron chi connectivity index (χ3n) is 5.58. The molecule has 30 heavy (non-hydrogen) atoms. The van der Waals surface area contributed by atoms with E-state index in [-0.39, 0.29) is 30.2 Å². The van der Waals surface area contributed by atoms with Crippen LogP contribution in [0.25, 0.3) is 0 Å². The van der Waals surface area contributed by atoms with Gasteiger partial charge in [-0.05, 0) is 25.0 Å². The predicted octanol–water partition coefficient (Wildman–Crippen LogP) is 3.78. The highest BCUT2D eigenvalue weighted by Crippen LogP contribution is 2.41. The van der Waals surface area contributed by atoms with E-state index in [9.17, 15) is 9.59 Å². The molecule has 0 N–H and O–H groups in total. The summed E-state index contributed by atoms with van der Waals surface area (Å²) in [7, 11) is 2.97. The molecule has 1 heterocycles. The third-order valence-corrected chi connectivity index (χ3v) is 5.58. The van der Waals surface area contributed by atoms with Crippen LogP contribution in [0.2, 0.25) is 0 Å². The standard InChI is InChI=1S/C24H24O6/c1-24(29-10-9-15-7-5-4-6-8-15)13-18-19(14-30-24)23(26)21-17(22(18)25)11-16(27-2)12-20(21)28-3/h4-8,11-12H,9-10,13-14H2,1-3H3.